The Bertz CT molecular complexity index is 71.7. The minimum Gasteiger partial charge on any atom is -0.368 e. The predicted molar refractivity (Wildman–Crippen MR) is 41.8 cm³/mol. The van der Waals surface area contributed by atoms with Crippen molar-refractivity contribution in [1.82, 2.24) is 0 Å². The van der Waals surface area contributed by atoms with Crippen molar-refractivity contribution in [3.05, 3.63) is 0 Å². The van der Waals surface area contributed by atoms with Crippen LogP contribution in [-0.4, -0.2) is 17.5 Å². The van der Waals surface area contributed by atoms with Crippen LogP contribution in [-0.2, 0) is 4.74 Å². The van der Waals surface area contributed by atoms with Gasteiger partial charge in [0.2, 0.25) is 0 Å². The number of rotatable bonds is 5. The standard InChI is InChI=1S/C8H18O2/c1-4-6-8(5-2)10-7(3)9/h7-9H,4-6H2,1-3H3/t7-,8?/m0/s1. The summed E-state index contributed by atoms with van der Waals surface area (Å²) in [5.74, 6) is 0. The first-order chi connectivity index (χ1) is 4.70. The van der Waals surface area contributed by atoms with Gasteiger partial charge in [-0.05, 0) is 19.8 Å². The molecular formula is C8H18O2. The molecule has 0 aliphatic carbocycles. The van der Waals surface area contributed by atoms with Gasteiger partial charge in [-0.3, -0.25) is 0 Å². The maximum atomic E-state index is 8.86. The molecule has 1 N–H and O–H groups in total. The molecule has 62 valence electrons. The molecule has 0 aromatic heterocycles. The van der Waals surface area contributed by atoms with E-state index in [2.05, 4.69) is 13.8 Å². The largest absolute Gasteiger partial charge is 0.368 e. The van der Waals surface area contributed by atoms with Crippen LogP contribution < -0.4 is 0 Å². The first-order valence-electron chi connectivity index (χ1n) is 4.04. The summed E-state index contributed by atoms with van der Waals surface area (Å²) in [6.45, 7) is 5.84. The van der Waals surface area contributed by atoms with Gasteiger partial charge in [0, 0.05) is 0 Å². The highest BCUT2D eigenvalue weighted by atomic mass is 16.6. The van der Waals surface area contributed by atoms with E-state index in [9.17, 15) is 0 Å². The van der Waals surface area contributed by atoms with Gasteiger partial charge >= 0.3 is 0 Å². The fourth-order valence-electron chi connectivity index (χ4n) is 0.969. The van der Waals surface area contributed by atoms with Crippen LogP contribution >= 0.6 is 0 Å². The molecule has 0 saturated heterocycles. The summed E-state index contributed by atoms with van der Waals surface area (Å²) in [5, 5.41) is 8.86. The van der Waals surface area contributed by atoms with Crippen LogP contribution in [0.4, 0.5) is 0 Å². The van der Waals surface area contributed by atoms with Crippen molar-refractivity contribution in [2.75, 3.05) is 0 Å². The molecule has 0 saturated carbocycles. The van der Waals surface area contributed by atoms with Gasteiger partial charge in [0.1, 0.15) is 0 Å². The van der Waals surface area contributed by atoms with Crippen molar-refractivity contribution in [3.8, 4) is 0 Å². The maximum absolute atomic E-state index is 8.86. The molecule has 2 heteroatoms. The third-order valence-electron chi connectivity index (χ3n) is 1.46. The van der Waals surface area contributed by atoms with Gasteiger partial charge in [0.25, 0.3) is 0 Å². The molecular weight excluding hydrogens is 128 g/mol. The van der Waals surface area contributed by atoms with Crippen LogP contribution in [0.5, 0.6) is 0 Å². The van der Waals surface area contributed by atoms with E-state index in [0.717, 1.165) is 19.3 Å². The van der Waals surface area contributed by atoms with Gasteiger partial charge in [-0.15, -0.1) is 0 Å². The Hall–Kier alpha value is -0.0800. The molecule has 0 aromatic carbocycles. The molecule has 0 amide bonds. The predicted octanol–water partition coefficient (Wildman–Crippen LogP) is 1.92. The fraction of sp³-hybridized carbons (Fsp3) is 1.00. The van der Waals surface area contributed by atoms with E-state index in [-0.39, 0.29) is 6.10 Å². The second kappa shape index (κ2) is 5.69. The van der Waals surface area contributed by atoms with Crippen LogP contribution in [0.15, 0.2) is 0 Å². The molecule has 0 fully saturated rings. The minimum absolute atomic E-state index is 0.241. The van der Waals surface area contributed by atoms with Crippen LogP contribution in [0.1, 0.15) is 40.0 Å². The lowest BCUT2D eigenvalue weighted by Gasteiger charge is -2.16. The summed E-state index contributed by atoms with van der Waals surface area (Å²) in [6, 6.07) is 0. The van der Waals surface area contributed by atoms with Crippen molar-refractivity contribution in [2.24, 2.45) is 0 Å². The summed E-state index contributed by atoms with van der Waals surface area (Å²) in [5.41, 5.74) is 0. The Balaban J connectivity index is 3.39. The molecule has 0 aliphatic heterocycles. The summed E-state index contributed by atoms with van der Waals surface area (Å²) < 4.78 is 5.20. The van der Waals surface area contributed by atoms with Crippen molar-refractivity contribution >= 4 is 0 Å². The Morgan fingerprint density at radius 1 is 1.40 bits per heavy atom. The van der Waals surface area contributed by atoms with Crippen molar-refractivity contribution < 1.29 is 9.84 Å². The van der Waals surface area contributed by atoms with Gasteiger partial charge in [0.05, 0.1) is 6.10 Å². The number of aliphatic hydroxyl groups excluding tert-OH is 1. The Labute approximate surface area is 63.2 Å². The number of aliphatic hydroxyl groups is 1. The van der Waals surface area contributed by atoms with E-state index < -0.39 is 6.29 Å². The molecule has 0 heterocycles. The van der Waals surface area contributed by atoms with E-state index in [1.54, 1.807) is 6.92 Å². The zero-order valence-electron chi connectivity index (χ0n) is 7.13. The van der Waals surface area contributed by atoms with Crippen LogP contribution in [0, 0.1) is 0 Å². The summed E-state index contributed by atoms with van der Waals surface area (Å²) in [4.78, 5) is 0. The minimum atomic E-state index is -0.614. The van der Waals surface area contributed by atoms with Crippen molar-refractivity contribution in [3.63, 3.8) is 0 Å². The van der Waals surface area contributed by atoms with Crippen LogP contribution in [0.25, 0.3) is 0 Å². The third kappa shape index (κ3) is 4.77. The number of hydrogen-bond acceptors (Lipinski definition) is 2. The maximum Gasteiger partial charge on any atom is 0.152 e. The Morgan fingerprint density at radius 2 is 2.00 bits per heavy atom. The highest BCUT2D eigenvalue weighted by Crippen LogP contribution is 2.07. The molecule has 2 nitrogen and oxygen atoms in total. The molecule has 0 aliphatic rings. The molecule has 0 radical (unpaired) electrons. The smallest absolute Gasteiger partial charge is 0.152 e. The summed E-state index contributed by atoms with van der Waals surface area (Å²) in [7, 11) is 0. The molecule has 0 rings (SSSR count). The van der Waals surface area contributed by atoms with Gasteiger partial charge in [-0.25, -0.2) is 0 Å². The molecule has 0 aromatic rings. The second-order valence-corrected chi connectivity index (χ2v) is 2.55. The lowest BCUT2D eigenvalue weighted by molar-refractivity contribution is -0.126. The second-order valence-electron chi connectivity index (χ2n) is 2.55. The quantitative estimate of drug-likeness (QED) is 0.600. The van der Waals surface area contributed by atoms with Gasteiger partial charge in [-0.1, -0.05) is 20.3 Å². The fourth-order valence-corrected chi connectivity index (χ4v) is 0.969. The van der Waals surface area contributed by atoms with Gasteiger partial charge < -0.3 is 9.84 Å². The number of hydrogen-bond donors (Lipinski definition) is 1. The lowest BCUT2D eigenvalue weighted by atomic mass is 10.2. The van der Waals surface area contributed by atoms with Crippen LogP contribution in [0.3, 0.4) is 0 Å². The van der Waals surface area contributed by atoms with E-state index in [0.29, 0.717) is 0 Å². The first-order valence-corrected chi connectivity index (χ1v) is 4.04. The van der Waals surface area contributed by atoms with Crippen LogP contribution in [0.2, 0.25) is 0 Å². The molecule has 0 bridgehead atoms. The lowest BCUT2D eigenvalue weighted by Crippen LogP contribution is -2.18. The van der Waals surface area contributed by atoms with E-state index >= 15 is 0 Å². The normalized spacial score (nSPS) is 16.8. The Kier molecular flexibility index (Phi) is 5.64. The van der Waals surface area contributed by atoms with Crippen molar-refractivity contribution in [2.45, 2.75) is 52.4 Å². The zero-order chi connectivity index (χ0) is 7.98. The molecule has 0 spiro atoms. The number of ether oxygens (including phenoxy) is 1. The van der Waals surface area contributed by atoms with E-state index in [1.165, 1.54) is 0 Å². The van der Waals surface area contributed by atoms with E-state index in [4.69, 9.17) is 9.84 Å². The highest BCUT2D eigenvalue weighted by molar-refractivity contribution is 4.53. The topological polar surface area (TPSA) is 29.5 Å². The van der Waals surface area contributed by atoms with Gasteiger partial charge in [-0.2, -0.15) is 0 Å². The monoisotopic (exact) mass is 146 g/mol. The average Bonchev–Trinajstić information content (AvgIpc) is 1.86. The summed E-state index contributed by atoms with van der Waals surface area (Å²) >= 11 is 0. The average molecular weight is 146 g/mol. The zero-order valence-corrected chi connectivity index (χ0v) is 7.13. The third-order valence-corrected chi connectivity index (χ3v) is 1.46. The van der Waals surface area contributed by atoms with E-state index in [1.807, 2.05) is 0 Å². The molecule has 1 unspecified atom stereocenters. The van der Waals surface area contributed by atoms with Gasteiger partial charge in [0.15, 0.2) is 6.29 Å². The first kappa shape index (κ1) is 9.92. The summed E-state index contributed by atoms with van der Waals surface area (Å²) in [6.07, 6.45) is 2.77. The van der Waals surface area contributed by atoms with Crippen molar-refractivity contribution in [1.29, 1.82) is 0 Å². The molecule has 10 heavy (non-hydrogen) atoms. The highest BCUT2D eigenvalue weighted by Gasteiger charge is 2.06. The molecule has 2 atom stereocenters. The SMILES string of the molecule is CCCC(CC)O[C@@H](C)O. The Morgan fingerprint density at radius 3 is 2.30 bits per heavy atom.